The molecular formula is C29H33FN2O3. The van der Waals surface area contributed by atoms with Gasteiger partial charge >= 0.3 is 0 Å². The Kier molecular flexibility index (Phi) is 9.41. The van der Waals surface area contributed by atoms with Crippen LogP contribution in [0.2, 0.25) is 0 Å². The second-order valence-corrected chi connectivity index (χ2v) is 8.78. The molecule has 1 N–H and O–H groups in total. The average Bonchev–Trinajstić information content (AvgIpc) is 2.86. The van der Waals surface area contributed by atoms with Crippen molar-refractivity contribution in [3.8, 4) is 5.75 Å². The predicted octanol–water partition coefficient (Wildman–Crippen LogP) is 5.07. The van der Waals surface area contributed by atoms with Crippen molar-refractivity contribution in [2.45, 2.75) is 52.2 Å². The number of hydrogen-bond acceptors (Lipinski definition) is 3. The van der Waals surface area contributed by atoms with Crippen LogP contribution in [0, 0.1) is 12.7 Å². The highest BCUT2D eigenvalue weighted by Crippen LogP contribution is 2.17. The van der Waals surface area contributed by atoms with Crippen molar-refractivity contribution in [2.24, 2.45) is 0 Å². The number of nitrogens with zero attached hydrogens (tertiary/aromatic N) is 1. The Hall–Kier alpha value is -3.67. The summed E-state index contributed by atoms with van der Waals surface area (Å²) in [6.07, 6.45) is 1.15. The zero-order chi connectivity index (χ0) is 25.2. The van der Waals surface area contributed by atoms with E-state index in [-0.39, 0.29) is 36.8 Å². The molecule has 0 aliphatic rings. The van der Waals surface area contributed by atoms with E-state index < -0.39 is 6.04 Å². The summed E-state index contributed by atoms with van der Waals surface area (Å²) in [7, 11) is 0. The minimum atomic E-state index is -0.726. The molecule has 0 fully saturated rings. The van der Waals surface area contributed by atoms with Crippen LogP contribution in [0.5, 0.6) is 5.75 Å². The van der Waals surface area contributed by atoms with Crippen LogP contribution >= 0.6 is 0 Å². The van der Waals surface area contributed by atoms with Crippen LogP contribution in [0.15, 0.2) is 78.9 Å². The molecule has 0 aliphatic carbocycles. The number of nitrogens with one attached hydrogen (secondary N) is 1. The number of benzene rings is 3. The van der Waals surface area contributed by atoms with E-state index in [1.165, 1.54) is 24.3 Å². The summed E-state index contributed by atoms with van der Waals surface area (Å²) in [6.45, 7) is 5.94. The van der Waals surface area contributed by atoms with Gasteiger partial charge in [-0.1, -0.05) is 67.1 Å². The molecule has 3 aromatic carbocycles. The molecule has 0 bridgehead atoms. The molecule has 6 heteroatoms. The van der Waals surface area contributed by atoms with Crippen molar-refractivity contribution in [3.63, 3.8) is 0 Å². The van der Waals surface area contributed by atoms with Crippen molar-refractivity contribution < 1.29 is 18.7 Å². The fourth-order valence-corrected chi connectivity index (χ4v) is 3.76. The zero-order valence-corrected chi connectivity index (χ0v) is 20.5. The van der Waals surface area contributed by atoms with Gasteiger partial charge < -0.3 is 15.0 Å². The summed E-state index contributed by atoms with van der Waals surface area (Å²) in [4.78, 5) is 28.5. The summed E-state index contributed by atoms with van der Waals surface area (Å²) >= 11 is 0. The lowest BCUT2D eigenvalue weighted by atomic mass is 10.0. The van der Waals surface area contributed by atoms with E-state index in [4.69, 9.17) is 4.74 Å². The molecule has 0 radical (unpaired) electrons. The molecule has 3 aromatic rings. The highest BCUT2D eigenvalue weighted by molar-refractivity contribution is 5.88. The lowest BCUT2D eigenvalue weighted by Gasteiger charge is -2.32. The first-order chi connectivity index (χ1) is 16.9. The maximum absolute atomic E-state index is 13.5. The van der Waals surface area contributed by atoms with Crippen LogP contribution in [0.4, 0.5) is 4.39 Å². The standard InChI is InChI=1S/C29H33FN2O3/c1-4-22(3)31-29(34)27(18-23-10-6-5-7-11-23)32(19-24-12-8-9-21(2)17-24)28(33)20-35-26-15-13-25(30)14-16-26/h5-17,22,27H,4,18-20H2,1-3H3,(H,31,34). The first kappa shape index (κ1) is 25.9. The van der Waals surface area contributed by atoms with E-state index in [1.54, 1.807) is 4.90 Å². The molecule has 3 rings (SSSR count). The van der Waals surface area contributed by atoms with E-state index in [2.05, 4.69) is 5.32 Å². The smallest absolute Gasteiger partial charge is 0.261 e. The average molecular weight is 477 g/mol. The monoisotopic (exact) mass is 476 g/mol. The quantitative estimate of drug-likeness (QED) is 0.421. The number of rotatable bonds is 11. The van der Waals surface area contributed by atoms with Crippen molar-refractivity contribution in [2.75, 3.05) is 6.61 Å². The summed E-state index contributed by atoms with van der Waals surface area (Å²) in [5, 5.41) is 3.05. The number of ether oxygens (including phenoxy) is 1. The topological polar surface area (TPSA) is 58.6 Å². The summed E-state index contributed by atoms with van der Waals surface area (Å²) in [6, 6.07) is 22.3. The van der Waals surface area contributed by atoms with Gasteiger partial charge in [-0.15, -0.1) is 0 Å². The summed E-state index contributed by atoms with van der Waals surface area (Å²) in [5.74, 6) is -0.518. The number of aryl methyl sites for hydroxylation is 1. The molecule has 0 saturated heterocycles. The van der Waals surface area contributed by atoms with E-state index >= 15 is 0 Å². The molecule has 184 valence electrons. The van der Waals surface area contributed by atoms with E-state index in [0.717, 1.165) is 23.1 Å². The first-order valence-corrected chi connectivity index (χ1v) is 11.9. The molecule has 35 heavy (non-hydrogen) atoms. The van der Waals surface area contributed by atoms with Crippen LogP contribution in [-0.4, -0.2) is 35.4 Å². The van der Waals surface area contributed by atoms with Gasteiger partial charge in [-0.2, -0.15) is 0 Å². The van der Waals surface area contributed by atoms with E-state index in [0.29, 0.717) is 12.2 Å². The van der Waals surface area contributed by atoms with Gasteiger partial charge in [0.2, 0.25) is 5.91 Å². The van der Waals surface area contributed by atoms with Gasteiger partial charge in [-0.25, -0.2) is 4.39 Å². The third-order valence-corrected chi connectivity index (χ3v) is 5.88. The maximum atomic E-state index is 13.5. The van der Waals surface area contributed by atoms with Crippen LogP contribution in [0.1, 0.15) is 37.0 Å². The molecule has 0 saturated carbocycles. The van der Waals surface area contributed by atoms with E-state index in [9.17, 15) is 14.0 Å². The normalized spacial score (nSPS) is 12.5. The van der Waals surface area contributed by atoms with E-state index in [1.807, 2.05) is 75.4 Å². The number of hydrogen-bond donors (Lipinski definition) is 1. The Morgan fingerprint density at radius 3 is 2.31 bits per heavy atom. The first-order valence-electron chi connectivity index (χ1n) is 11.9. The lowest BCUT2D eigenvalue weighted by molar-refractivity contribution is -0.143. The minimum absolute atomic E-state index is 0.0211. The van der Waals surface area contributed by atoms with Gasteiger partial charge in [-0.3, -0.25) is 9.59 Å². The van der Waals surface area contributed by atoms with Crippen LogP contribution in [-0.2, 0) is 22.6 Å². The minimum Gasteiger partial charge on any atom is -0.484 e. The Labute approximate surface area is 206 Å². The molecule has 5 nitrogen and oxygen atoms in total. The van der Waals surface area contributed by atoms with Gasteiger partial charge in [0, 0.05) is 19.0 Å². The number of amides is 2. The molecule has 0 aromatic heterocycles. The molecule has 0 heterocycles. The van der Waals surface area contributed by atoms with Crippen molar-refractivity contribution >= 4 is 11.8 Å². The van der Waals surface area contributed by atoms with Crippen molar-refractivity contribution in [1.29, 1.82) is 0 Å². The predicted molar refractivity (Wildman–Crippen MR) is 135 cm³/mol. The highest BCUT2D eigenvalue weighted by Gasteiger charge is 2.31. The number of carbonyl (C=O) groups excluding carboxylic acids is 2. The number of carbonyl (C=O) groups is 2. The highest BCUT2D eigenvalue weighted by atomic mass is 19.1. The maximum Gasteiger partial charge on any atom is 0.261 e. The summed E-state index contributed by atoms with van der Waals surface area (Å²) < 4.78 is 18.9. The second kappa shape index (κ2) is 12.7. The van der Waals surface area contributed by atoms with Gasteiger partial charge in [0.25, 0.3) is 5.91 Å². The fraction of sp³-hybridized carbons (Fsp3) is 0.310. The van der Waals surface area contributed by atoms with Crippen LogP contribution in [0.25, 0.3) is 0 Å². The zero-order valence-electron chi connectivity index (χ0n) is 20.5. The lowest BCUT2D eigenvalue weighted by Crippen LogP contribution is -2.53. The van der Waals surface area contributed by atoms with Gasteiger partial charge in [0.1, 0.15) is 17.6 Å². The summed E-state index contributed by atoms with van der Waals surface area (Å²) in [5.41, 5.74) is 2.95. The van der Waals surface area contributed by atoms with Gasteiger partial charge in [-0.05, 0) is 55.7 Å². The molecule has 2 atom stereocenters. The Morgan fingerprint density at radius 1 is 0.971 bits per heavy atom. The third-order valence-electron chi connectivity index (χ3n) is 5.88. The SMILES string of the molecule is CCC(C)NC(=O)C(Cc1ccccc1)N(Cc1cccc(C)c1)C(=O)COc1ccc(F)cc1. The Morgan fingerprint density at radius 2 is 1.66 bits per heavy atom. The van der Waals surface area contributed by atoms with Gasteiger partial charge in [0.05, 0.1) is 0 Å². The van der Waals surface area contributed by atoms with Crippen molar-refractivity contribution in [1.82, 2.24) is 10.2 Å². The Bertz CT molecular complexity index is 1100. The number of halogens is 1. The van der Waals surface area contributed by atoms with Crippen LogP contribution < -0.4 is 10.1 Å². The largest absolute Gasteiger partial charge is 0.484 e. The molecule has 2 unspecified atom stereocenters. The molecular weight excluding hydrogens is 443 g/mol. The molecule has 0 aliphatic heterocycles. The Balaban J connectivity index is 1.90. The second-order valence-electron chi connectivity index (χ2n) is 8.78. The van der Waals surface area contributed by atoms with Crippen LogP contribution in [0.3, 0.4) is 0 Å². The fourth-order valence-electron chi connectivity index (χ4n) is 3.76. The molecule has 2 amide bonds. The van der Waals surface area contributed by atoms with Crippen molar-refractivity contribution in [3.05, 3.63) is 101 Å². The molecule has 0 spiro atoms. The third kappa shape index (κ3) is 7.95. The van der Waals surface area contributed by atoms with Gasteiger partial charge in [0.15, 0.2) is 6.61 Å².